The molecule has 0 spiro atoms. The van der Waals surface area contributed by atoms with Crippen molar-refractivity contribution in [1.82, 2.24) is 0 Å². The van der Waals surface area contributed by atoms with Crippen LogP contribution in [-0.2, 0) is 9.84 Å². The molecule has 1 aromatic rings. The molecule has 0 aromatic heterocycles. The summed E-state index contributed by atoms with van der Waals surface area (Å²) in [7, 11) is -3.36. The van der Waals surface area contributed by atoms with Crippen molar-refractivity contribution in [3.63, 3.8) is 0 Å². The van der Waals surface area contributed by atoms with Crippen LogP contribution in [0.15, 0.2) is 39.3 Å². The number of nitrogens with zero attached hydrogens (tertiary/aromatic N) is 4. The van der Waals surface area contributed by atoms with Gasteiger partial charge in [0.25, 0.3) is 0 Å². The first-order valence-corrected chi connectivity index (χ1v) is 5.72. The Kier molecular flexibility index (Phi) is 2.18. The molecule has 2 rings (SSSR count). The number of hydrogen-bond donors (Lipinski definition) is 0. The van der Waals surface area contributed by atoms with Gasteiger partial charge in [0, 0.05) is 10.5 Å². The molecule has 76 valence electrons. The van der Waals surface area contributed by atoms with E-state index in [-0.39, 0.29) is 16.6 Å². The zero-order valence-corrected chi connectivity index (χ0v) is 8.35. The van der Waals surface area contributed by atoms with Crippen molar-refractivity contribution in [2.45, 2.75) is 4.90 Å². The van der Waals surface area contributed by atoms with Gasteiger partial charge in [0.05, 0.1) is 4.90 Å². The van der Waals surface area contributed by atoms with Gasteiger partial charge in [-0.25, -0.2) is 8.42 Å². The molecule has 0 radical (unpaired) electrons. The van der Waals surface area contributed by atoms with E-state index in [1.807, 2.05) is 0 Å². The Morgan fingerprint density at radius 3 is 2.87 bits per heavy atom. The first-order chi connectivity index (χ1) is 7.15. The molecule has 0 amide bonds. The second-order valence-corrected chi connectivity index (χ2v) is 4.84. The van der Waals surface area contributed by atoms with Crippen molar-refractivity contribution in [3.8, 4) is 0 Å². The van der Waals surface area contributed by atoms with E-state index in [9.17, 15) is 8.42 Å². The summed E-state index contributed by atoms with van der Waals surface area (Å²) in [5.74, 6) is -0.235. The minimum absolute atomic E-state index is 0.128. The summed E-state index contributed by atoms with van der Waals surface area (Å²) in [6.45, 7) is 0. The molecule has 1 heterocycles. The maximum absolute atomic E-state index is 11.6. The Labute approximate surface area is 85.8 Å². The molecular formula is C8H6N4O2S. The summed E-state index contributed by atoms with van der Waals surface area (Å²) in [6.07, 6.45) is 0. The van der Waals surface area contributed by atoms with Crippen LogP contribution in [0.2, 0.25) is 0 Å². The predicted molar refractivity (Wildman–Crippen MR) is 54.2 cm³/mol. The number of aliphatic imine (C=N–C) groups is 1. The third-order valence-electron chi connectivity index (χ3n) is 1.99. The van der Waals surface area contributed by atoms with Gasteiger partial charge in [0.2, 0.25) is 0 Å². The Hall–Kier alpha value is -1.85. The van der Waals surface area contributed by atoms with E-state index >= 15 is 0 Å². The van der Waals surface area contributed by atoms with E-state index in [2.05, 4.69) is 15.0 Å². The van der Waals surface area contributed by atoms with Crippen LogP contribution in [0.5, 0.6) is 0 Å². The van der Waals surface area contributed by atoms with E-state index < -0.39 is 9.84 Å². The summed E-state index contributed by atoms with van der Waals surface area (Å²) in [6, 6.07) is 6.34. The Balaban J connectivity index is 2.73. The Bertz CT molecular complexity index is 584. The predicted octanol–water partition coefficient (Wildman–Crippen LogP) is 1.49. The monoisotopic (exact) mass is 222 g/mol. The van der Waals surface area contributed by atoms with Crippen molar-refractivity contribution in [3.05, 3.63) is 40.3 Å². The summed E-state index contributed by atoms with van der Waals surface area (Å²) in [5.41, 5.74) is 8.66. The van der Waals surface area contributed by atoms with Gasteiger partial charge in [0.15, 0.2) is 9.84 Å². The highest BCUT2D eigenvalue weighted by Gasteiger charge is 2.24. The van der Waals surface area contributed by atoms with Gasteiger partial charge in [-0.15, -0.1) is 0 Å². The minimum Gasteiger partial charge on any atom is -0.266 e. The average Bonchev–Trinajstić information content (AvgIpc) is 2.23. The number of benzene rings is 1. The third-order valence-corrected chi connectivity index (χ3v) is 3.48. The number of fused-ring (bicyclic) bond motifs is 1. The maximum Gasteiger partial charge on any atom is 0.199 e. The van der Waals surface area contributed by atoms with Crippen LogP contribution < -0.4 is 0 Å². The lowest BCUT2D eigenvalue weighted by atomic mass is 10.2. The van der Waals surface area contributed by atoms with E-state index in [4.69, 9.17) is 5.53 Å². The first-order valence-electron chi connectivity index (χ1n) is 4.07. The molecule has 15 heavy (non-hydrogen) atoms. The van der Waals surface area contributed by atoms with E-state index in [0.29, 0.717) is 5.56 Å². The number of azide groups is 1. The standard InChI is InChI=1S/C8H6N4O2S/c9-12-11-8-6-3-1-2-4-7(6)15(13,14)5-10-8/h1-4H,5H2. The molecule has 1 aliphatic rings. The number of rotatable bonds is 0. The zero-order valence-electron chi connectivity index (χ0n) is 7.53. The zero-order chi connectivity index (χ0) is 10.9. The Morgan fingerprint density at radius 1 is 1.40 bits per heavy atom. The fraction of sp³-hybridized carbons (Fsp3) is 0.125. The summed E-state index contributed by atoms with van der Waals surface area (Å²) >= 11 is 0. The third kappa shape index (κ3) is 1.58. The van der Waals surface area contributed by atoms with Crippen molar-refractivity contribution in [2.24, 2.45) is 10.1 Å². The van der Waals surface area contributed by atoms with Crippen LogP contribution in [-0.4, -0.2) is 20.1 Å². The van der Waals surface area contributed by atoms with Crippen LogP contribution in [0.1, 0.15) is 5.56 Å². The van der Waals surface area contributed by atoms with E-state index in [1.54, 1.807) is 18.2 Å². The number of hydrogen-bond acceptors (Lipinski definition) is 4. The highest BCUT2D eigenvalue weighted by molar-refractivity contribution is 7.91. The van der Waals surface area contributed by atoms with Crippen molar-refractivity contribution < 1.29 is 8.42 Å². The van der Waals surface area contributed by atoms with Gasteiger partial charge in [-0.05, 0) is 16.7 Å². The summed E-state index contributed by atoms with van der Waals surface area (Å²) < 4.78 is 23.2. The largest absolute Gasteiger partial charge is 0.266 e. The minimum atomic E-state index is -3.36. The van der Waals surface area contributed by atoms with Gasteiger partial charge in [0.1, 0.15) is 11.7 Å². The van der Waals surface area contributed by atoms with Gasteiger partial charge < -0.3 is 0 Å². The molecule has 1 aliphatic heterocycles. The summed E-state index contributed by atoms with van der Waals surface area (Å²) in [5, 5.41) is 3.36. The molecule has 0 unspecified atom stereocenters. The molecule has 1 aromatic carbocycles. The fourth-order valence-electron chi connectivity index (χ4n) is 1.35. The van der Waals surface area contributed by atoms with Crippen molar-refractivity contribution in [2.75, 3.05) is 5.88 Å². The van der Waals surface area contributed by atoms with Gasteiger partial charge >= 0.3 is 0 Å². The molecule has 0 saturated carbocycles. The second-order valence-electron chi connectivity index (χ2n) is 2.91. The second kappa shape index (κ2) is 3.38. The van der Waals surface area contributed by atoms with Gasteiger partial charge in [-0.2, -0.15) is 0 Å². The number of sulfone groups is 1. The lowest BCUT2D eigenvalue weighted by molar-refractivity contribution is 0.595. The molecular weight excluding hydrogens is 216 g/mol. The van der Waals surface area contributed by atoms with Crippen molar-refractivity contribution in [1.29, 1.82) is 0 Å². The molecule has 0 fully saturated rings. The van der Waals surface area contributed by atoms with Gasteiger partial charge in [-0.3, -0.25) is 4.99 Å². The highest BCUT2D eigenvalue weighted by Crippen LogP contribution is 2.22. The molecule has 0 saturated heterocycles. The van der Waals surface area contributed by atoms with Gasteiger partial charge in [-0.1, -0.05) is 18.2 Å². The van der Waals surface area contributed by atoms with Crippen LogP contribution in [0.3, 0.4) is 0 Å². The van der Waals surface area contributed by atoms with Crippen LogP contribution >= 0.6 is 0 Å². The van der Waals surface area contributed by atoms with Crippen LogP contribution in [0, 0.1) is 0 Å². The Morgan fingerprint density at radius 2 is 2.13 bits per heavy atom. The molecule has 0 atom stereocenters. The topological polar surface area (TPSA) is 95.3 Å². The van der Waals surface area contributed by atoms with Crippen LogP contribution in [0.25, 0.3) is 10.4 Å². The molecule has 0 aliphatic carbocycles. The lowest BCUT2D eigenvalue weighted by Crippen LogP contribution is -2.17. The number of amidine groups is 1. The highest BCUT2D eigenvalue weighted by atomic mass is 32.2. The maximum atomic E-state index is 11.6. The summed E-state index contributed by atoms with van der Waals surface area (Å²) in [4.78, 5) is 6.50. The lowest BCUT2D eigenvalue weighted by Gasteiger charge is -2.13. The normalized spacial score (nSPS) is 17.2. The first kappa shape index (κ1) is 9.70. The van der Waals surface area contributed by atoms with Crippen LogP contribution in [0.4, 0.5) is 0 Å². The SMILES string of the molecule is [N-]=[N+]=NC1=NCS(=O)(=O)c2ccccc21. The van der Waals surface area contributed by atoms with E-state index in [1.165, 1.54) is 6.07 Å². The molecule has 0 bridgehead atoms. The smallest absolute Gasteiger partial charge is 0.199 e. The quantitative estimate of drug-likeness (QED) is 0.377. The molecule has 0 N–H and O–H groups in total. The average molecular weight is 222 g/mol. The molecule has 7 heteroatoms. The molecule has 6 nitrogen and oxygen atoms in total. The van der Waals surface area contributed by atoms with E-state index in [0.717, 1.165) is 0 Å². The fourth-order valence-corrected chi connectivity index (χ4v) is 2.56. The van der Waals surface area contributed by atoms with Crippen molar-refractivity contribution >= 4 is 15.7 Å².